The van der Waals surface area contributed by atoms with Crippen molar-refractivity contribution < 1.29 is 19.1 Å². The number of fused-ring (bicyclic) bond motifs is 2. The van der Waals surface area contributed by atoms with E-state index in [1.807, 2.05) is 18.2 Å². The van der Waals surface area contributed by atoms with Crippen LogP contribution in [0.1, 0.15) is 18.1 Å². The van der Waals surface area contributed by atoms with Crippen LogP contribution in [0.15, 0.2) is 42.5 Å². The summed E-state index contributed by atoms with van der Waals surface area (Å²) in [6.45, 7) is 2.49. The highest BCUT2D eigenvalue weighted by molar-refractivity contribution is 5.97. The molecule has 0 bridgehead atoms. The van der Waals surface area contributed by atoms with Gasteiger partial charge in [0.05, 0.1) is 6.04 Å². The summed E-state index contributed by atoms with van der Waals surface area (Å²) < 4.78 is 10.6. The third-order valence-electron chi connectivity index (χ3n) is 4.79. The van der Waals surface area contributed by atoms with Gasteiger partial charge in [0, 0.05) is 18.3 Å². The Morgan fingerprint density at radius 1 is 1.11 bits per heavy atom. The molecule has 2 aliphatic rings. The van der Waals surface area contributed by atoms with Crippen molar-refractivity contribution >= 4 is 29.9 Å². The number of carbonyl (C=O) groups excluding carboxylic acids is 2. The van der Waals surface area contributed by atoms with Gasteiger partial charge in [-0.05, 0) is 36.6 Å². The molecular formula is C20H22ClN3O4. The fourth-order valence-electron chi connectivity index (χ4n) is 3.24. The number of hydrogen-bond donors (Lipinski definition) is 3. The molecule has 0 saturated carbocycles. The fraction of sp³-hybridized carbons (Fsp3) is 0.300. The second-order valence-electron chi connectivity index (χ2n) is 6.69. The summed E-state index contributed by atoms with van der Waals surface area (Å²) in [6, 6.07) is 12.2. The van der Waals surface area contributed by atoms with Crippen LogP contribution in [0.3, 0.4) is 0 Å². The van der Waals surface area contributed by atoms with Crippen molar-refractivity contribution in [1.82, 2.24) is 10.6 Å². The summed E-state index contributed by atoms with van der Waals surface area (Å²) >= 11 is 0. The maximum absolute atomic E-state index is 12.5. The summed E-state index contributed by atoms with van der Waals surface area (Å²) in [7, 11) is 0. The van der Waals surface area contributed by atoms with E-state index >= 15 is 0 Å². The lowest BCUT2D eigenvalue weighted by Crippen LogP contribution is -2.52. The molecule has 0 radical (unpaired) electrons. The molecule has 3 N–H and O–H groups in total. The SMILES string of the molecule is C[C@H](NC(=O)[C@@H]1Cc2ccccc2CN1)C(=O)Nc1ccc2c(c1)OCO2.Cl. The Labute approximate surface area is 169 Å². The van der Waals surface area contributed by atoms with E-state index in [2.05, 4.69) is 22.0 Å². The van der Waals surface area contributed by atoms with Crippen LogP contribution in [-0.2, 0) is 22.6 Å². The number of carbonyl (C=O) groups is 2. The first-order chi connectivity index (χ1) is 13.1. The van der Waals surface area contributed by atoms with Crippen LogP contribution in [0.25, 0.3) is 0 Å². The van der Waals surface area contributed by atoms with Crippen molar-refractivity contribution in [3.8, 4) is 11.5 Å². The first-order valence-electron chi connectivity index (χ1n) is 8.91. The third kappa shape index (κ3) is 4.21. The van der Waals surface area contributed by atoms with Gasteiger partial charge in [0.2, 0.25) is 18.6 Å². The zero-order chi connectivity index (χ0) is 18.8. The lowest BCUT2D eigenvalue weighted by molar-refractivity contribution is -0.127. The lowest BCUT2D eigenvalue weighted by atomic mass is 9.95. The minimum absolute atomic E-state index is 0. The Morgan fingerprint density at radius 2 is 1.86 bits per heavy atom. The first kappa shape index (κ1) is 20.0. The third-order valence-corrected chi connectivity index (χ3v) is 4.79. The van der Waals surface area contributed by atoms with Crippen molar-refractivity contribution in [2.24, 2.45) is 0 Å². The minimum Gasteiger partial charge on any atom is -0.454 e. The number of ether oxygens (including phenoxy) is 2. The van der Waals surface area contributed by atoms with Crippen molar-refractivity contribution in [3.05, 3.63) is 53.6 Å². The average molecular weight is 404 g/mol. The molecule has 8 heteroatoms. The molecule has 28 heavy (non-hydrogen) atoms. The Morgan fingerprint density at radius 3 is 2.68 bits per heavy atom. The maximum atomic E-state index is 12.5. The first-order valence-corrected chi connectivity index (χ1v) is 8.91. The van der Waals surface area contributed by atoms with Crippen molar-refractivity contribution in [3.63, 3.8) is 0 Å². The highest BCUT2D eigenvalue weighted by Crippen LogP contribution is 2.34. The van der Waals surface area contributed by atoms with Gasteiger partial charge in [0.15, 0.2) is 11.5 Å². The van der Waals surface area contributed by atoms with Gasteiger partial charge in [-0.25, -0.2) is 0 Å². The van der Waals surface area contributed by atoms with Crippen molar-refractivity contribution in [2.75, 3.05) is 12.1 Å². The Hall–Kier alpha value is -2.77. The van der Waals surface area contributed by atoms with Crippen LogP contribution < -0.4 is 25.4 Å². The van der Waals surface area contributed by atoms with E-state index in [0.29, 0.717) is 30.2 Å². The van der Waals surface area contributed by atoms with E-state index in [-0.39, 0.29) is 37.1 Å². The smallest absolute Gasteiger partial charge is 0.246 e. The fourth-order valence-corrected chi connectivity index (χ4v) is 3.24. The maximum Gasteiger partial charge on any atom is 0.246 e. The molecule has 0 saturated heterocycles. The molecule has 0 spiro atoms. The van der Waals surface area contributed by atoms with Crippen LogP contribution >= 0.6 is 12.4 Å². The minimum atomic E-state index is -0.665. The van der Waals surface area contributed by atoms with E-state index in [1.165, 1.54) is 5.56 Å². The van der Waals surface area contributed by atoms with Gasteiger partial charge < -0.3 is 25.4 Å². The molecule has 2 aromatic carbocycles. The average Bonchev–Trinajstić information content (AvgIpc) is 3.15. The van der Waals surface area contributed by atoms with Gasteiger partial charge in [-0.3, -0.25) is 9.59 Å². The molecular weight excluding hydrogens is 382 g/mol. The van der Waals surface area contributed by atoms with Gasteiger partial charge in [0.1, 0.15) is 6.04 Å². The van der Waals surface area contributed by atoms with E-state index in [4.69, 9.17) is 9.47 Å². The predicted molar refractivity (Wildman–Crippen MR) is 107 cm³/mol. The summed E-state index contributed by atoms with van der Waals surface area (Å²) in [4.78, 5) is 24.9. The Balaban J connectivity index is 0.00000225. The van der Waals surface area contributed by atoms with E-state index in [0.717, 1.165) is 5.56 Å². The molecule has 148 valence electrons. The zero-order valence-corrected chi connectivity index (χ0v) is 16.2. The lowest BCUT2D eigenvalue weighted by Gasteiger charge is -2.26. The van der Waals surface area contributed by atoms with Crippen LogP contribution in [0.5, 0.6) is 11.5 Å². The van der Waals surface area contributed by atoms with Crippen LogP contribution in [0.4, 0.5) is 5.69 Å². The molecule has 2 atom stereocenters. The summed E-state index contributed by atoms with van der Waals surface area (Å²) in [6.07, 6.45) is 0.610. The highest BCUT2D eigenvalue weighted by atomic mass is 35.5. The molecule has 2 heterocycles. The highest BCUT2D eigenvalue weighted by Gasteiger charge is 2.26. The topological polar surface area (TPSA) is 88.7 Å². The Kier molecular flexibility index (Phi) is 6.06. The van der Waals surface area contributed by atoms with Gasteiger partial charge in [0.25, 0.3) is 0 Å². The molecule has 4 rings (SSSR count). The molecule has 7 nitrogen and oxygen atoms in total. The summed E-state index contributed by atoms with van der Waals surface area (Å²) in [5.41, 5.74) is 2.96. The van der Waals surface area contributed by atoms with E-state index < -0.39 is 6.04 Å². The molecule has 0 fully saturated rings. The van der Waals surface area contributed by atoms with Crippen molar-refractivity contribution in [2.45, 2.75) is 32.0 Å². The quantitative estimate of drug-likeness (QED) is 0.726. The molecule has 0 aliphatic carbocycles. The molecule has 2 amide bonds. The van der Waals surface area contributed by atoms with E-state index in [9.17, 15) is 9.59 Å². The normalized spacial score (nSPS) is 17.7. The van der Waals surface area contributed by atoms with Crippen LogP contribution in [0, 0.1) is 0 Å². The zero-order valence-electron chi connectivity index (χ0n) is 15.4. The molecule has 0 aromatic heterocycles. The van der Waals surface area contributed by atoms with Gasteiger partial charge in [-0.2, -0.15) is 0 Å². The number of amides is 2. The number of halogens is 1. The number of hydrogen-bond acceptors (Lipinski definition) is 5. The van der Waals surface area contributed by atoms with E-state index in [1.54, 1.807) is 25.1 Å². The van der Waals surface area contributed by atoms with Crippen molar-refractivity contribution in [1.29, 1.82) is 0 Å². The standard InChI is InChI=1S/C20H21N3O4.ClH/c1-12(19(24)23-15-6-7-17-18(9-15)27-11-26-17)22-20(25)16-8-13-4-2-3-5-14(13)10-21-16;/h2-7,9,12,16,21H,8,10-11H2,1H3,(H,22,25)(H,23,24);1H/t12-,16-;/m0./s1. The van der Waals surface area contributed by atoms with Crippen LogP contribution in [0.2, 0.25) is 0 Å². The molecule has 2 aromatic rings. The largest absolute Gasteiger partial charge is 0.454 e. The number of rotatable bonds is 4. The predicted octanol–water partition coefficient (Wildman–Crippen LogP) is 1.99. The Bertz CT molecular complexity index is 890. The monoisotopic (exact) mass is 403 g/mol. The number of benzene rings is 2. The summed E-state index contributed by atoms with van der Waals surface area (Å²) in [5.74, 6) is 0.767. The van der Waals surface area contributed by atoms with Crippen LogP contribution in [-0.4, -0.2) is 30.7 Å². The summed E-state index contributed by atoms with van der Waals surface area (Å²) in [5, 5.41) is 8.79. The van der Waals surface area contributed by atoms with Gasteiger partial charge >= 0.3 is 0 Å². The van der Waals surface area contributed by atoms with Gasteiger partial charge in [-0.15, -0.1) is 12.4 Å². The molecule has 2 aliphatic heterocycles. The second-order valence-corrected chi connectivity index (χ2v) is 6.69. The van der Waals surface area contributed by atoms with Gasteiger partial charge in [-0.1, -0.05) is 24.3 Å². The number of anilines is 1. The number of nitrogens with one attached hydrogen (secondary N) is 3. The molecule has 0 unspecified atom stereocenters. The second kappa shape index (κ2) is 8.50.